The van der Waals surface area contributed by atoms with Gasteiger partial charge >= 0.3 is 0 Å². The fourth-order valence-corrected chi connectivity index (χ4v) is 2.52. The number of nitrogens with one attached hydrogen (secondary N) is 1. The fraction of sp³-hybridized carbons (Fsp3) is 0.400. The van der Waals surface area contributed by atoms with Crippen molar-refractivity contribution < 1.29 is 0 Å². The van der Waals surface area contributed by atoms with E-state index >= 15 is 0 Å². The smallest absolute Gasteiger partial charge is 0.0951 e. The van der Waals surface area contributed by atoms with E-state index in [1.165, 1.54) is 27.9 Å². The van der Waals surface area contributed by atoms with E-state index in [1.807, 2.05) is 19.6 Å². The SMILES string of the molecule is CNCCn1cncc1-c1c(C)cc(C)cc1C. The van der Waals surface area contributed by atoms with Gasteiger partial charge in [0.15, 0.2) is 0 Å². The standard InChI is InChI=1S/C15H21N3/c1-11-7-12(2)15(13(3)8-11)14-9-17-10-18(14)6-5-16-4/h7-10,16H,5-6H2,1-4H3. The number of nitrogens with zero attached hydrogens (tertiary/aromatic N) is 2. The number of aromatic nitrogens is 2. The van der Waals surface area contributed by atoms with Crippen LogP contribution in [0.3, 0.4) is 0 Å². The summed E-state index contributed by atoms with van der Waals surface area (Å²) in [5.41, 5.74) is 6.47. The molecule has 0 saturated carbocycles. The van der Waals surface area contributed by atoms with E-state index in [0.29, 0.717) is 0 Å². The van der Waals surface area contributed by atoms with Crippen LogP contribution in [0, 0.1) is 20.8 Å². The number of hydrogen-bond acceptors (Lipinski definition) is 2. The highest BCUT2D eigenvalue weighted by molar-refractivity contribution is 5.68. The summed E-state index contributed by atoms with van der Waals surface area (Å²) in [4.78, 5) is 4.29. The molecule has 0 amide bonds. The van der Waals surface area contributed by atoms with E-state index in [4.69, 9.17) is 0 Å². The van der Waals surface area contributed by atoms with Crippen LogP contribution >= 0.6 is 0 Å². The maximum absolute atomic E-state index is 4.29. The minimum absolute atomic E-state index is 0.943. The summed E-state index contributed by atoms with van der Waals surface area (Å²) in [5, 5.41) is 3.17. The van der Waals surface area contributed by atoms with Gasteiger partial charge in [0, 0.05) is 18.7 Å². The molecule has 2 rings (SSSR count). The van der Waals surface area contributed by atoms with Crippen molar-refractivity contribution in [3.63, 3.8) is 0 Å². The van der Waals surface area contributed by atoms with Gasteiger partial charge in [-0.25, -0.2) is 4.98 Å². The molecule has 0 aliphatic rings. The lowest BCUT2D eigenvalue weighted by Crippen LogP contribution is -2.15. The third kappa shape index (κ3) is 2.46. The molecule has 1 aromatic carbocycles. The van der Waals surface area contributed by atoms with Crippen LogP contribution in [0.25, 0.3) is 11.3 Å². The highest BCUT2D eigenvalue weighted by Crippen LogP contribution is 2.28. The van der Waals surface area contributed by atoms with Gasteiger partial charge in [0.1, 0.15) is 0 Å². The Labute approximate surface area is 109 Å². The van der Waals surface area contributed by atoms with Crippen molar-refractivity contribution >= 4 is 0 Å². The van der Waals surface area contributed by atoms with E-state index < -0.39 is 0 Å². The van der Waals surface area contributed by atoms with Crippen LogP contribution in [-0.2, 0) is 6.54 Å². The van der Waals surface area contributed by atoms with E-state index in [2.05, 4.69) is 47.8 Å². The van der Waals surface area contributed by atoms with E-state index in [9.17, 15) is 0 Å². The second-order valence-corrected chi connectivity index (χ2v) is 4.85. The number of hydrogen-bond donors (Lipinski definition) is 1. The normalized spacial score (nSPS) is 10.9. The van der Waals surface area contributed by atoms with Gasteiger partial charge in [0.2, 0.25) is 0 Å². The summed E-state index contributed by atoms with van der Waals surface area (Å²) in [6, 6.07) is 4.47. The van der Waals surface area contributed by atoms with Crippen molar-refractivity contribution in [3.05, 3.63) is 41.3 Å². The highest BCUT2D eigenvalue weighted by Gasteiger charge is 2.11. The van der Waals surface area contributed by atoms with Crippen LogP contribution in [0.15, 0.2) is 24.7 Å². The lowest BCUT2D eigenvalue weighted by Gasteiger charge is -2.14. The van der Waals surface area contributed by atoms with Gasteiger partial charge in [0.25, 0.3) is 0 Å². The lowest BCUT2D eigenvalue weighted by molar-refractivity contribution is 0.648. The molecule has 0 radical (unpaired) electrons. The Morgan fingerprint density at radius 1 is 1.17 bits per heavy atom. The molecule has 0 fully saturated rings. The number of aryl methyl sites for hydroxylation is 3. The van der Waals surface area contributed by atoms with Crippen molar-refractivity contribution in [2.45, 2.75) is 27.3 Å². The van der Waals surface area contributed by atoms with Crippen molar-refractivity contribution in [3.8, 4) is 11.3 Å². The molecule has 18 heavy (non-hydrogen) atoms. The van der Waals surface area contributed by atoms with E-state index in [1.54, 1.807) is 0 Å². The number of imidazole rings is 1. The molecular weight excluding hydrogens is 222 g/mol. The van der Waals surface area contributed by atoms with Crippen LogP contribution in [0.1, 0.15) is 16.7 Å². The van der Waals surface area contributed by atoms with Crippen LogP contribution in [0.2, 0.25) is 0 Å². The molecule has 1 N–H and O–H groups in total. The quantitative estimate of drug-likeness (QED) is 0.894. The van der Waals surface area contributed by atoms with Crippen LogP contribution in [-0.4, -0.2) is 23.1 Å². The Morgan fingerprint density at radius 3 is 2.44 bits per heavy atom. The second-order valence-electron chi connectivity index (χ2n) is 4.85. The molecule has 0 unspecified atom stereocenters. The summed E-state index contributed by atoms with van der Waals surface area (Å²) < 4.78 is 2.21. The van der Waals surface area contributed by atoms with E-state index in [-0.39, 0.29) is 0 Å². The number of likely N-dealkylation sites (N-methyl/N-ethyl adjacent to an activating group) is 1. The minimum Gasteiger partial charge on any atom is -0.329 e. The van der Waals surface area contributed by atoms with Crippen molar-refractivity contribution in [2.24, 2.45) is 0 Å². The summed E-state index contributed by atoms with van der Waals surface area (Å²) in [6.45, 7) is 8.38. The van der Waals surface area contributed by atoms with E-state index in [0.717, 1.165) is 13.1 Å². The molecule has 0 aliphatic heterocycles. The zero-order chi connectivity index (χ0) is 13.1. The van der Waals surface area contributed by atoms with Gasteiger partial charge in [-0.1, -0.05) is 17.7 Å². The zero-order valence-electron chi connectivity index (χ0n) is 11.6. The third-order valence-corrected chi connectivity index (χ3v) is 3.25. The maximum atomic E-state index is 4.29. The first-order valence-electron chi connectivity index (χ1n) is 6.36. The molecule has 0 saturated heterocycles. The Hall–Kier alpha value is -1.61. The van der Waals surface area contributed by atoms with Crippen molar-refractivity contribution in [1.29, 1.82) is 0 Å². The molecular formula is C15H21N3. The largest absolute Gasteiger partial charge is 0.329 e. The van der Waals surface area contributed by atoms with Crippen molar-refractivity contribution in [1.82, 2.24) is 14.9 Å². The maximum Gasteiger partial charge on any atom is 0.0951 e. The molecule has 0 atom stereocenters. The van der Waals surface area contributed by atoms with Crippen LogP contribution in [0.4, 0.5) is 0 Å². The molecule has 3 heteroatoms. The van der Waals surface area contributed by atoms with Crippen LogP contribution < -0.4 is 5.32 Å². The summed E-state index contributed by atoms with van der Waals surface area (Å²) in [5.74, 6) is 0. The topological polar surface area (TPSA) is 29.9 Å². The second kappa shape index (κ2) is 5.36. The Bertz CT molecular complexity index is 517. The molecule has 96 valence electrons. The fourth-order valence-electron chi connectivity index (χ4n) is 2.52. The monoisotopic (exact) mass is 243 g/mol. The van der Waals surface area contributed by atoms with Gasteiger partial charge in [-0.2, -0.15) is 0 Å². The summed E-state index contributed by atoms with van der Waals surface area (Å²) in [7, 11) is 1.97. The Balaban J connectivity index is 2.46. The van der Waals surface area contributed by atoms with Gasteiger partial charge in [-0.05, 0) is 38.9 Å². The molecule has 1 heterocycles. The molecule has 1 aromatic heterocycles. The molecule has 2 aromatic rings. The first-order valence-corrected chi connectivity index (χ1v) is 6.36. The zero-order valence-corrected chi connectivity index (χ0v) is 11.6. The van der Waals surface area contributed by atoms with Gasteiger partial charge in [0.05, 0.1) is 18.2 Å². The summed E-state index contributed by atoms with van der Waals surface area (Å²) in [6.07, 6.45) is 3.87. The summed E-state index contributed by atoms with van der Waals surface area (Å²) >= 11 is 0. The first kappa shape index (κ1) is 12.8. The van der Waals surface area contributed by atoms with Gasteiger partial charge < -0.3 is 9.88 Å². The van der Waals surface area contributed by atoms with Crippen LogP contribution in [0.5, 0.6) is 0 Å². The predicted octanol–water partition coefficient (Wildman–Crippen LogP) is 2.69. The average Bonchev–Trinajstić information content (AvgIpc) is 2.73. The lowest BCUT2D eigenvalue weighted by atomic mass is 9.97. The van der Waals surface area contributed by atoms with Gasteiger partial charge in [-0.15, -0.1) is 0 Å². The first-order chi connectivity index (χ1) is 8.63. The molecule has 0 spiro atoms. The third-order valence-electron chi connectivity index (χ3n) is 3.25. The molecule has 3 nitrogen and oxygen atoms in total. The molecule has 0 aliphatic carbocycles. The predicted molar refractivity (Wildman–Crippen MR) is 75.8 cm³/mol. The Kier molecular flexibility index (Phi) is 3.82. The van der Waals surface area contributed by atoms with Crippen molar-refractivity contribution in [2.75, 3.05) is 13.6 Å². The average molecular weight is 243 g/mol. The Morgan fingerprint density at radius 2 is 1.83 bits per heavy atom. The number of benzene rings is 1. The highest BCUT2D eigenvalue weighted by atomic mass is 15.1. The molecule has 0 bridgehead atoms. The van der Waals surface area contributed by atoms with Gasteiger partial charge in [-0.3, -0.25) is 0 Å². The minimum atomic E-state index is 0.943. The number of rotatable bonds is 4.